The number of benzene rings is 1. The van der Waals surface area contributed by atoms with Crippen LogP contribution >= 0.6 is 0 Å². The van der Waals surface area contributed by atoms with Crippen molar-refractivity contribution >= 4 is 23.0 Å². The van der Waals surface area contributed by atoms with Crippen LogP contribution in [0.25, 0.3) is 0 Å². The summed E-state index contributed by atoms with van der Waals surface area (Å²) in [5.74, 6) is -0.437. The Morgan fingerprint density at radius 2 is 2.07 bits per heavy atom. The van der Waals surface area contributed by atoms with Crippen LogP contribution in [0.3, 0.4) is 0 Å². The molecule has 0 atom stereocenters. The van der Waals surface area contributed by atoms with Crippen molar-refractivity contribution < 1.29 is 9.53 Å². The van der Waals surface area contributed by atoms with Gasteiger partial charge in [-0.2, -0.15) is 0 Å². The minimum Gasteiger partial charge on any atom is -0.465 e. The molecule has 0 amide bonds. The van der Waals surface area contributed by atoms with Gasteiger partial charge in [-0.15, -0.1) is 0 Å². The lowest BCUT2D eigenvalue weighted by Crippen LogP contribution is -2.06. The number of nitrogen functional groups attached to an aromatic ring is 2. The van der Waals surface area contributed by atoms with E-state index in [1.165, 1.54) is 13.2 Å². The number of hydrogen-bond donors (Lipinski definition) is 3. The fourth-order valence-corrected chi connectivity index (χ4v) is 1.12. The molecule has 1 rings (SSSR count). The van der Waals surface area contributed by atoms with Gasteiger partial charge in [0.15, 0.2) is 0 Å². The summed E-state index contributed by atoms with van der Waals surface area (Å²) in [6, 6.07) is 3.08. The van der Waals surface area contributed by atoms with Crippen molar-refractivity contribution in [3.63, 3.8) is 0 Å². The number of nitrogens with two attached hydrogens (primary N) is 2. The molecule has 0 unspecified atom stereocenters. The molecule has 0 aliphatic rings. The van der Waals surface area contributed by atoms with Crippen molar-refractivity contribution in [3.05, 3.63) is 17.7 Å². The lowest BCUT2D eigenvalue weighted by molar-refractivity contribution is 0.0601. The maximum Gasteiger partial charge on any atom is 0.338 e. The Balaban J connectivity index is 3.22. The van der Waals surface area contributed by atoms with Crippen LogP contribution in [0.5, 0.6) is 0 Å². The quantitative estimate of drug-likeness (QED) is 0.477. The molecule has 0 aliphatic carbocycles. The highest BCUT2D eigenvalue weighted by atomic mass is 16.5. The maximum atomic E-state index is 11.2. The van der Waals surface area contributed by atoms with E-state index in [9.17, 15) is 4.79 Å². The second-order valence-electron chi connectivity index (χ2n) is 2.77. The number of esters is 1. The van der Waals surface area contributed by atoms with E-state index < -0.39 is 5.97 Å². The highest BCUT2D eigenvalue weighted by Gasteiger charge is 2.10. The Bertz CT molecular complexity index is 363. The standard InChI is InChI=1S/C9H13N3O2/c1-12-7-4-5(9(13)14-2)3-6(10)8(7)11/h3-4,12H,10-11H2,1-2H3. The molecule has 0 heterocycles. The Hall–Kier alpha value is -1.91. The van der Waals surface area contributed by atoms with Crippen LogP contribution in [0.1, 0.15) is 10.4 Å². The summed E-state index contributed by atoms with van der Waals surface area (Å²) in [6.07, 6.45) is 0. The molecular weight excluding hydrogens is 182 g/mol. The maximum absolute atomic E-state index is 11.2. The summed E-state index contributed by atoms with van der Waals surface area (Å²) >= 11 is 0. The molecule has 5 N–H and O–H groups in total. The molecule has 0 bridgehead atoms. The molecule has 76 valence electrons. The van der Waals surface area contributed by atoms with E-state index in [0.29, 0.717) is 22.6 Å². The van der Waals surface area contributed by atoms with Crippen molar-refractivity contribution in [2.45, 2.75) is 0 Å². The van der Waals surface area contributed by atoms with Gasteiger partial charge in [0.1, 0.15) is 0 Å². The van der Waals surface area contributed by atoms with E-state index in [1.807, 2.05) is 0 Å². The van der Waals surface area contributed by atoms with Crippen LogP contribution in [0.2, 0.25) is 0 Å². The zero-order valence-corrected chi connectivity index (χ0v) is 8.13. The first-order chi connectivity index (χ1) is 6.60. The third-order valence-electron chi connectivity index (χ3n) is 1.90. The molecule has 5 nitrogen and oxygen atoms in total. The third kappa shape index (κ3) is 1.71. The molecule has 0 fully saturated rings. The summed E-state index contributed by atoms with van der Waals surface area (Å²) in [5.41, 5.74) is 13.1. The van der Waals surface area contributed by atoms with Crippen LogP contribution in [0, 0.1) is 0 Å². The van der Waals surface area contributed by atoms with Gasteiger partial charge >= 0.3 is 5.97 Å². The molecule has 0 radical (unpaired) electrons. The average molecular weight is 195 g/mol. The minimum atomic E-state index is -0.437. The lowest BCUT2D eigenvalue weighted by Gasteiger charge is -2.09. The van der Waals surface area contributed by atoms with Crippen molar-refractivity contribution in [1.29, 1.82) is 0 Å². The summed E-state index contributed by atoms with van der Waals surface area (Å²) in [4.78, 5) is 11.2. The first-order valence-electron chi connectivity index (χ1n) is 4.05. The molecular formula is C9H13N3O2. The fourth-order valence-electron chi connectivity index (χ4n) is 1.12. The second-order valence-corrected chi connectivity index (χ2v) is 2.77. The zero-order chi connectivity index (χ0) is 10.7. The van der Waals surface area contributed by atoms with Gasteiger partial charge < -0.3 is 21.5 Å². The molecule has 0 saturated carbocycles. The fraction of sp³-hybridized carbons (Fsp3) is 0.222. The van der Waals surface area contributed by atoms with Crippen LogP contribution in [-0.2, 0) is 4.74 Å². The molecule has 14 heavy (non-hydrogen) atoms. The average Bonchev–Trinajstić information content (AvgIpc) is 2.20. The Morgan fingerprint density at radius 3 is 2.57 bits per heavy atom. The van der Waals surface area contributed by atoms with Gasteiger partial charge in [-0.25, -0.2) is 4.79 Å². The van der Waals surface area contributed by atoms with Crippen molar-refractivity contribution in [1.82, 2.24) is 0 Å². The number of carbonyl (C=O) groups excluding carboxylic acids is 1. The van der Waals surface area contributed by atoms with Gasteiger partial charge in [-0.05, 0) is 12.1 Å². The van der Waals surface area contributed by atoms with E-state index in [2.05, 4.69) is 10.1 Å². The number of rotatable bonds is 2. The zero-order valence-electron chi connectivity index (χ0n) is 8.13. The number of nitrogens with one attached hydrogen (secondary N) is 1. The smallest absolute Gasteiger partial charge is 0.338 e. The Morgan fingerprint density at radius 1 is 1.43 bits per heavy atom. The first kappa shape index (κ1) is 10.2. The van der Waals surface area contributed by atoms with Gasteiger partial charge in [0.2, 0.25) is 0 Å². The lowest BCUT2D eigenvalue weighted by atomic mass is 10.1. The number of hydrogen-bond acceptors (Lipinski definition) is 5. The minimum absolute atomic E-state index is 0.359. The van der Waals surface area contributed by atoms with E-state index >= 15 is 0 Å². The van der Waals surface area contributed by atoms with E-state index in [0.717, 1.165) is 0 Å². The highest BCUT2D eigenvalue weighted by Crippen LogP contribution is 2.26. The van der Waals surface area contributed by atoms with Crippen molar-refractivity contribution in [2.75, 3.05) is 30.9 Å². The highest BCUT2D eigenvalue weighted by molar-refractivity contribution is 5.95. The molecule has 0 saturated heterocycles. The Kier molecular flexibility index (Phi) is 2.81. The first-order valence-corrected chi connectivity index (χ1v) is 4.05. The molecule has 0 aliphatic heterocycles. The number of methoxy groups -OCH3 is 1. The van der Waals surface area contributed by atoms with Crippen LogP contribution in [0.15, 0.2) is 12.1 Å². The topological polar surface area (TPSA) is 90.4 Å². The Labute approximate surface area is 82.0 Å². The summed E-state index contributed by atoms with van der Waals surface area (Å²) in [6.45, 7) is 0. The molecule has 0 aromatic heterocycles. The van der Waals surface area contributed by atoms with Crippen molar-refractivity contribution in [2.24, 2.45) is 0 Å². The van der Waals surface area contributed by atoms with Crippen LogP contribution in [-0.4, -0.2) is 20.1 Å². The summed E-state index contributed by atoms with van der Waals surface area (Å²) in [5, 5.41) is 2.84. The van der Waals surface area contributed by atoms with Gasteiger partial charge in [0.05, 0.1) is 29.7 Å². The van der Waals surface area contributed by atoms with Crippen molar-refractivity contribution in [3.8, 4) is 0 Å². The number of carbonyl (C=O) groups is 1. The molecule has 5 heteroatoms. The normalized spacial score (nSPS) is 9.57. The van der Waals surface area contributed by atoms with Gasteiger partial charge in [0.25, 0.3) is 0 Å². The van der Waals surface area contributed by atoms with Gasteiger partial charge in [0, 0.05) is 7.05 Å². The van der Waals surface area contributed by atoms with E-state index in [1.54, 1.807) is 13.1 Å². The molecule has 1 aromatic rings. The van der Waals surface area contributed by atoms with Crippen LogP contribution in [0.4, 0.5) is 17.1 Å². The SMILES string of the molecule is CNc1cc(C(=O)OC)cc(N)c1N. The molecule has 1 aromatic carbocycles. The number of anilines is 3. The predicted molar refractivity (Wildman–Crippen MR) is 56.2 cm³/mol. The van der Waals surface area contributed by atoms with Gasteiger partial charge in [-0.1, -0.05) is 0 Å². The van der Waals surface area contributed by atoms with Crippen LogP contribution < -0.4 is 16.8 Å². The van der Waals surface area contributed by atoms with E-state index in [-0.39, 0.29) is 0 Å². The summed E-state index contributed by atoms with van der Waals surface area (Å²) < 4.78 is 4.57. The van der Waals surface area contributed by atoms with Gasteiger partial charge in [-0.3, -0.25) is 0 Å². The second kappa shape index (κ2) is 3.87. The van der Waals surface area contributed by atoms with E-state index in [4.69, 9.17) is 11.5 Å². The predicted octanol–water partition coefficient (Wildman–Crippen LogP) is 0.679. The monoisotopic (exact) mass is 195 g/mol. The molecule has 0 spiro atoms. The third-order valence-corrected chi connectivity index (χ3v) is 1.90. The largest absolute Gasteiger partial charge is 0.465 e. The number of ether oxygens (including phenoxy) is 1. The summed E-state index contributed by atoms with van der Waals surface area (Å²) in [7, 11) is 3.01.